The number of carbonyl (C=O) groups excluding carboxylic acids is 2. The zero-order valence-electron chi connectivity index (χ0n) is 49.6. The number of pyridine rings is 4. The lowest BCUT2D eigenvalue weighted by molar-refractivity contribution is -0.129. The fraction of sp³-hybridized carbons (Fsp3) is 0.323. The summed E-state index contributed by atoms with van der Waals surface area (Å²) < 4.78 is 32.9. The maximum Gasteiger partial charge on any atom is 0.355 e. The molecule has 8 aromatic rings. The molecule has 2 fully saturated rings. The zero-order valence-corrected chi connectivity index (χ0v) is 51.1. The van der Waals surface area contributed by atoms with Crippen LogP contribution in [0.4, 0.5) is 20.4 Å². The van der Waals surface area contributed by atoms with Crippen LogP contribution >= 0.6 is 23.2 Å². The number of hydrogen-bond acceptors (Lipinski definition) is 12. The lowest BCUT2D eigenvalue weighted by atomic mass is 10.0. The molecule has 0 saturated carbocycles. The third-order valence-corrected chi connectivity index (χ3v) is 16.2. The number of allylic oxidation sites excluding steroid dienone is 1. The Balaban J connectivity index is 0.000000204. The summed E-state index contributed by atoms with van der Waals surface area (Å²) >= 11 is 13.6. The highest BCUT2D eigenvalue weighted by molar-refractivity contribution is 6.34. The summed E-state index contributed by atoms with van der Waals surface area (Å²) in [5.41, 5.74) is 6.06. The first-order valence-corrected chi connectivity index (χ1v) is 28.9. The Morgan fingerprint density at radius 3 is 1.42 bits per heavy atom. The van der Waals surface area contributed by atoms with E-state index in [4.69, 9.17) is 38.2 Å². The molecule has 2 saturated heterocycles. The van der Waals surface area contributed by atoms with Gasteiger partial charge < -0.3 is 19.6 Å². The minimum atomic E-state index is -0.555. The molecule has 20 heteroatoms. The van der Waals surface area contributed by atoms with Crippen molar-refractivity contribution in [2.75, 3.05) is 36.0 Å². The van der Waals surface area contributed by atoms with E-state index in [0.717, 1.165) is 22.4 Å². The van der Waals surface area contributed by atoms with Crippen LogP contribution < -0.4 is 21.2 Å². The highest BCUT2D eigenvalue weighted by Gasteiger charge is 2.36. The number of aryl methyl sites for hydroxylation is 2. The molecule has 0 N–H and O–H groups in total. The Kier molecular flexibility index (Phi) is 17.7. The quantitative estimate of drug-likeness (QED) is 0.113. The van der Waals surface area contributed by atoms with Gasteiger partial charge in [-0.3, -0.25) is 19.6 Å². The summed E-state index contributed by atoms with van der Waals surface area (Å²) in [6.45, 7) is 34.5. The minimum absolute atomic E-state index is 0.00112. The van der Waals surface area contributed by atoms with Crippen molar-refractivity contribution in [3.63, 3.8) is 0 Å². The summed E-state index contributed by atoms with van der Waals surface area (Å²) in [4.78, 5) is 89.1. The maximum atomic E-state index is 15.1. The van der Waals surface area contributed by atoms with Crippen molar-refractivity contribution in [1.29, 1.82) is 0 Å². The number of piperazine rings is 2. The van der Waals surface area contributed by atoms with Crippen molar-refractivity contribution in [2.24, 2.45) is 0 Å². The summed E-state index contributed by atoms with van der Waals surface area (Å²) in [5, 5.41) is 1.50. The van der Waals surface area contributed by atoms with Crippen LogP contribution in [0.25, 0.3) is 61.5 Å². The van der Waals surface area contributed by atoms with E-state index in [1.54, 1.807) is 64.5 Å². The van der Waals surface area contributed by atoms with Gasteiger partial charge in [-0.15, -0.1) is 0 Å². The van der Waals surface area contributed by atoms with Crippen molar-refractivity contribution in [3.8, 4) is 33.9 Å². The molecule has 2 amide bonds. The van der Waals surface area contributed by atoms with Crippen molar-refractivity contribution < 1.29 is 18.4 Å². The first kappa shape index (κ1) is 61.1. The number of benzene rings is 2. The summed E-state index contributed by atoms with van der Waals surface area (Å²) in [6, 6.07) is 18.9. The maximum absolute atomic E-state index is 15.1. The molecule has 2 aromatic carbocycles. The number of anilines is 2. The molecule has 0 bridgehead atoms. The van der Waals surface area contributed by atoms with E-state index in [9.17, 15) is 23.6 Å². The SMILES string of the molecule is C=CC(=O)N1CC(C)N(c2nc(=O)n(-c3c(C)cc(C(=C)C)nc3C(C)C)c3nc(-c4ccccc4F)c(Cl)cc23)CC1C.C=CC(=O)N1CC(C)N(c2nc(=O)n(-c3c(C)ccnc3C(C)C)c3nc(-c4ccccc4F)c(Cl)cc23)CC1C. The van der Waals surface area contributed by atoms with Crippen molar-refractivity contribution in [1.82, 2.24) is 48.8 Å². The first-order chi connectivity index (χ1) is 40.4. The topological polar surface area (TPSA) is 168 Å². The minimum Gasteiger partial charge on any atom is -0.349 e. The summed E-state index contributed by atoms with van der Waals surface area (Å²) in [7, 11) is 0. The van der Waals surface area contributed by atoms with Crippen LogP contribution in [0, 0.1) is 25.5 Å². The first-order valence-electron chi connectivity index (χ1n) is 28.2. The van der Waals surface area contributed by atoms with Gasteiger partial charge in [0.05, 0.1) is 60.7 Å². The van der Waals surface area contributed by atoms with Crippen molar-refractivity contribution in [3.05, 3.63) is 182 Å². The standard InChI is InChI=1S/C34H36ClFN6O2.C31H32ClFN6O2/c1-9-28(43)40-16-22(8)41(17-21(40)7)32-24-15-25(35)30(23-12-10-11-13-26(23)36)38-33(24)42(34(44)39-32)31-20(6)14-27(18(2)3)37-29(31)19(4)5;1-7-25(40)37-15-20(6)38(16-19(37)5)29-22-14-23(32)27(21-10-8-9-11-24(21)33)35-30(22)39(31(41)36-29)28-18(4)12-13-34-26(28)17(2)3/h9-15,19,21-22H,1-2,16-17H2,3-8H3;7-14,17,19-20H,1,15-16H2,2-6H3. The lowest BCUT2D eigenvalue weighted by Crippen LogP contribution is -2.58. The molecular weight excluding hydrogens is 1120 g/mol. The van der Waals surface area contributed by atoms with Gasteiger partial charge in [0.25, 0.3) is 0 Å². The molecule has 10 rings (SSSR count). The third kappa shape index (κ3) is 11.6. The van der Waals surface area contributed by atoms with E-state index in [1.165, 1.54) is 33.4 Å². The van der Waals surface area contributed by atoms with Crippen LogP contribution in [0.1, 0.15) is 102 Å². The smallest absolute Gasteiger partial charge is 0.349 e. The molecule has 4 unspecified atom stereocenters. The molecule has 6 aromatic heterocycles. The molecule has 0 aliphatic carbocycles. The number of halogens is 4. The van der Waals surface area contributed by atoms with Gasteiger partial charge in [0, 0.05) is 67.7 Å². The lowest BCUT2D eigenvalue weighted by Gasteiger charge is -2.44. The van der Waals surface area contributed by atoms with Gasteiger partial charge in [0.15, 0.2) is 11.3 Å². The average Bonchev–Trinajstić information content (AvgIpc) is 0.909. The van der Waals surface area contributed by atoms with E-state index >= 15 is 4.39 Å². The van der Waals surface area contributed by atoms with E-state index in [1.807, 2.05) is 98.1 Å². The van der Waals surface area contributed by atoms with E-state index in [-0.39, 0.29) is 86.0 Å². The largest absolute Gasteiger partial charge is 0.355 e. The zero-order chi connectivity index (χ0) is 61.6. The van der Waals surface area contributed by atoms with Gasteiger partial charge >= 0.3 is 11.4 Å². The second-order valence-corrected chi connectivity index (χ2v) is 23.4. The van der Waals surface area contributed by atoms with Crippen LogP contribution in [-0.2, 0) is 9.59 Å². The van der Waals surface area contributed by atoms with Crippen LogP contribution in [0.15, 0.2) is 120 Å². The Hall–Kier alpha value is -8.48. The second-order valence-electron chi connectivity index (χ2n) is 22.5. The predicted molar refractivity (Wildman–Crippen MR) is 335 cm³/mol. The van der Waals surface area contributed by atoms with Gasteiger partial charge in [-0.25, -0.2) is 37.5 Å². The van der Waals surface area contributed by atoms with E-state index < -0.39 is 23.0 Å². The Labute approximate surface area is 502 Å². The summed E-state index contributed by atoms with van der Waals surface area (Å²) in [5.74, 6) is -0.509. The van der Waals surface area contributed by atoms with Gasteiger partial charge in [0.1, 0.15) is 23.3 Å². The fourth-order valence-electron chi connectivity index (χ4n) is 11.3. The van der Waals surface area contributed by atoms with Crippen LogP contribution in [-0.4, -0.2) is 111 Å². The monoisotopic (exact) mass is 1190 g/mol. The number of amides is 2. The number of hydrogen-bond donors (Lipinski definition) is 0. The molecule has 440 valence electrons. The van der Waals surface area contributed by atoms with Gasteiger partial charge in [-0.1, -0.05) is 94.9 Å². The Morgan fingerprint density at radius 1 is 0.600 bits per heavy atom. The number of rotatable bonds is 11. The number of carbonyl (C=O) groups is 2. The number of nitrogens with zero attached hydrogens (tertiary/aromatic N) is 12. The molecule has 2 aliphatic heterocycles. The van der Waals surface area contributed by atoms with Crippen LogP contribution in [0.3, 0.4) is 0 Å². The normalized spacial score (nSPS) is 17.1. The number of aromatic nitrogens is 8. The number of fused-ring (bicyclic) bond motifs is 2. The van der Waals surface area contributed by atoms with E-state index in [0.29, 0.717) is 77.0 Å². The molecule has 8 heterocycles. The van der Waals surface area contributed by atoms with Crippen LogP contribution in [0.5, 0.6) is 0 Å². The highest BCUT2D eigenvalue weighted by Crippen LogP contribution is 2.39. The molecule has 16 nitrogen and oxygen atoms in total. The molecule has 0 radical (unpaired) electrons. The van der Waals surface area contributed by atoms with Gasteiger partial charge in [-0.05, 0) is 138 Å². The second kappa shape index (κ2) is 24.6. The van der Waals surface area contributed by atoms with Crippen molar-refractivity contribution in [2.45, 2.75) is 112 Å². The van der Waals surface area contributed by atoms with Gasteiger partial charge in [-0.2, -0.15) is 9.97 Å². The van der Waals surface area contributed by atoms with Crippen molar-refractivity contribution >= 4 is 74.3 Å². The average molecular weight is 1190 g/mol. The highest BCUT2D eigenvalue weighted by atomic mass is 35.5. The van der Waals surface area contributed by atoms with Crippen LogP contribution in [0.2, 0.25) is 10.0 Å². The molecule has 85 heavy (non-hydrogen) atoms. The molecule has 0 spiro atoms. The molecular formula is C65H68Cl2F2N12O4. The Morgan fingerprint density at radius 2 is 1.02 bits per heavy atom. The molecule has 2 aliphatic rings. The summed E-state index contributed by atoms with van der Waals surface area (Å²) in [6.07, 6.45) is 4.33. The predicted octanol–water partition coefficient (Wildman–Crippen LogP) is 12.4. The Bertz CT molecular complexity index is 4150. The molecule has 4 atom stereocenters. The third-order valence-electron chi connectivity index (χ3n) is 15.6. The van der Waals surface area contributed by atoms with Gasteiger partial charge in [0.2, 0.25) is 11.8 Å². The fourth-order valence-corrected chi connectivity index (χ4v) is 11.8. The van der Waals surface area contributed by atoms with E-state index in [2.05, 4.69) is 34.7 Å².